The zero-order valence-electron chi connectivity index (χ0n) is 11.6. The molecule has 0 aromatic rings. The van der Waals surface area contributed by atoms with Crippen molar-refractivity contribution in [3.8, 4) is 0 Å². The second kappa shape index (κ2) is 5.13. The maximum Gasteiger partial charge on any atom is 0.0687 e. The number of ether oxygens (including phenoxy) is 1. The molecule has 1 aliphatic heterocycles. The van der Waals surface area contributed by atoms with Crippen LogP contribution in [0.5, 0.6) is 0 Å². The largest absolute Gasteiger partial charge is 0.396 e. The highest BCUT2D eigenvalue weighted by atomic mass is 16.5. The van der Waals surface area contributed by atoms with E-state index in [1.165, 1.54) is 70.6 Å². The highest BCUT2D eigenvalue weighted by Crippen LogP contribution is 2.48. The van der Waals surface area contributed by atoms with Crippen LogP contribution in [0.25, 0.3) is 0 Å². The molecule has 2 aliphatic carbocycles. The molecule has 2 nitrogen and oxygen atoms in total. The van der Waals surface area contributed by atoms with Crippen LogP contribution in [0.2, 0.25) is 0 Å². The Labute approximate surface area is 111 Å². The Bertz CT molecular complexity index is 275. The Kier molecular flexibility index (Phi) is 3.68. The van der Waals surface area contributed by atoms with Crippen LogP contribution < -0.4 is 0 Å². The fraction of sp³-hybridized carbons (Fsp3) is 1.00. The average molecular weight is 252 g/mol. The molecule has 1 unspecified atom stereocenters. The molecule has 18 heavy (non-hydrogen) atoms. The van der Waals surface area contributed by atoms with Crippen LogP contribution in [-0.2, 0) is 4.74 Å². The minimum Gasteiger partial charge on any atom is -0.396 e. The zero-order valence-corrected chi connectivity index (χ0v) is 11.6. The van der Waals surface area contributed by atoms with Crippen molar-refractivity contribution in [3.63, 3.8) is 0 Å². The zero-order chi connectivity index (χ0) is 12.5. The lowest BCUT2D eigenvalue weighted by Crippen LogP contribution is -2.34. The van der Waals surface area contributed by atoms with Gasteiger partial charge in [-0.3, -0.25) is 0 Å². The van der Waals surface area contributed by atoms with E-state index in [9.17, 15) is 5.11 Å². The normalized spacial score (nSPS) is 34.2. The van der Waals surface area contributed by atoms with E-state index in [4.69, 9.17) is 4.74 Å². The van der Waals surface area contributed by atoms with Gasteiger partial charge < -0.3 is 9.84 Å². The van der Waals surface area contributed by atoms with Crippen LogP contribution >= 0.6 is 0 Å². The molecule has 2 saturated carbocycles. The number of aliphatic hydroxyl groups excluding tert-OH is 1. The van der Waals surface area contributed by atoms with Crippen LogP contribution in [0.15, 0.2) is 0 Å². The minimum absolute atomic E-state index is 0.213. The van der Waals surface area contributed by atoms with E-state index in [-0.39, 0.29) is 11.0 Å². The topological polar surface area (TPSA) is 29.5 Å². The van der Waals surface area contributed by atoms with Gasteiger partial charge in [0.25, 0.3) is 0 Å². The first-order valence-electron chi connectivity index (χ1n) is 8.05. The predicted octanol–water partition coefficient (Wildman–Crippen LogP) is 3.81. The number of aliphatic hydroxyl groups is 1. The third-order valence-electron chi connectivity index (χ3n) is 5.76. The molecule has 0 radical (unpaired) electrons. The summed E-state index contributed by atoms with van der Waals surface area (Å²) < 4.78 is 6.47. The first-order valence-corrected chi connectivity index (χ1v) is 8.05. The summed E-state index contributed by atoms with van der Waals surface area (Å²) in [5.74, 6) is 0. The standard InChI is InChI=1S/C16H28O2/c17-13-15(7-4-5-8-15)12-14-6-11-16(18-14)9-2-1-3-10-16/h14,17H,1-13H2. The maximum absolute atomic E-state index is 9.72. The lowest BCUT2D eigenvalue weighted by atomic mass is 9.80. The Balaban J connectivity index is 1.58. The molecule has 3 aliphatic rings. The molecule has 1 saturated heterocycles. The van der Waals surface area contributed by atoms with Crippen molar-refractivity contribution in [2.24, 2.45) is 5.41 Å². The van der Waals surface area contributed by atoms with Gasteiger partial charge in [0.1, 0.15) is 0 Å². The summed E-state index contributed by atoms with van der Waals surface area (Å²) >= 11 is 0. The highest BCUT2D eigenvalue weighted by molar-refractivity contribution is 4.95. The molecule has 0 amide bonds. The van der Waals surface area contributed by atoms with Crippen LogP contribution in [-0.4, -0.2) is 23.4 Å². The van der Waals surface area contributed by atoms with Crippen LogP contribution in [0.3, 0.4) is 0 Å². The van der Waals surface area contributed by atoms with E-state index < -0.39 is 0 Å². The second-order valence-corrected chi connectivity index (χ2v) is 7.09. The summed E-state index contributed by atoms with van der Waals surface area (Å²) in [6, 6.07) is 0. The third-order valence-corrected chi connectivity index (χ3v) is 5.76. The summed E-state index contributed by atoms with van der Waals surface area (Å²) in [6.07, 6.45) is 15.8. The van der Waals surface area contributed by atoms with E-state index in [0.717, 1.165) is 6.42 Å². The molecule has 0 aromatic heterocycles. The molecule has 2 heteroatoms. The summed E-state index contributed by atoms with van der Waals surface area (Å²) in [5, 5.41) is 9.72. The SMILES string of the molecule is OCC1(CC2CCC3(CCCCC3)O2)CCCC1. The van der Waals surface area contributed by atoms with Gasteiger partial charge in [0.05, 0.1) is 11.7 Å². The smallest absolute Gasteiger partial charge is 0.0687 e. The van der Waals surface area contributed by atoms with E-state index in [1.807, 2.05) is 0 Å². The molecule has 3 fully saturated rings. The minimum atomic E-state index is 0.213. The number of hydrogen-bond donors (Lipinski definition) is 1. The van der Waals surface area contributed by atoms with Gasteiger partial charge in [-0.25, -0.2) is 0 Å². The average Bonchev–Trinajstić information content (AvgIpc) is 3.00. The Morgan fingerprint density at radius 2 is 1.56 bits per heavy atom. The van der Waals surface area contributed by atoms with Gasteiger partial charge >= 0.3 is 0 Å². The molecule has 1 heterocycles. The van der Waals surface area contributed by atoms with Crippen molar-refractivity contribution in [3.05, 3.63) is 0 Å². The Hall–Kier alpha value is -0.0800. The van der Waals surface area contributed by atoms with Crippen LogP contribution in [0.1, 0.15) is 77.0 Å². The summed E-state index contributed by atoms with van der Waals surface area (Å²) in [4.78, 5) is 0. The number of hydrogen-bond acceptors (Lipinski definition) is 2. The molecule has 0 aromatic carbocycles. The van der Waals surface area contributed by atoms with E-state index in [2.05, 4.69) is 0 Å². The molecule has 1 N–H and O–H groups in total. The van der Waals surface area contributed by atoms with Crippen molar-refractivity contribution >= 4 is 0 Å². The van der Waals surface area contributed by atoms with Gasteiger partial charge in [-0.1, -0.05) is 32.1 Å². The van der Waals surface area contributed by atoms with Gasteiger partial charge in [0.15, 0.2) is 0 Å². The predicted molar refractivity (Wildman–Crippen MR) is 72.5 cm³/mol. The summed E-state index contributed by atoms with van der Waals surface area (Å²) in [7, 11) is 0. The molecule has 0 bridgehead atoms. The van der Waals surface area contributed by atoms with Crippen molar-refractivity contribution in [1.29, 1.82) is 0 Å². The van der Waals surface area contributed by atoms with Gasteiger partial charge in [-0.15, -0.1) is 0 Å². The summed E-state index contributed by atoms with van der Waals surface area (Å²) in [6.45, 7) is 0.375. The fourth-order valence-corrected chi connectivity index (χ4v) is 4.64. The fourth-order valence-electron chi connectivity index (χ4n) is 4.64. The van der Waals surface area contributed by atoms with Crippen molar-refractivity contribution in [1.82, 2.24) is 0 Å². The Morgan fingerprint density at radius 1 is 0.889 bits per heavy atom. The molecule has 1 spiro atoms. The molecular formula is C16H28O2. The van der Waals surface area contributed by atoms with Crippen LogP contribution in [0.4, 0.5) is 0 Å². The lowest BCUT2D eigenvalue weighted by molar-refractivity contribution is -0.0808. The second-order valence-electron chi connectivity index (χ2n) is 7.09. The van der Waals surface area contributed by atoms with E-state index >= 15 is 0 Å². The van der Waals surface area contributed by atoms with Gasteiger partial charge in [0, 0.05) is 6.61 Å². The first-order chi connectivity index (χ1) is 8.76. The number of rotatable bonds is 3. The van der Waals surface area contributed by atoms with Crippen LogP contribution in [0, 0.1) is 5.41 Å². The monoisotopic (exact) mass is 252 g/mol. The van der Waals surface area contributed by atoms with Gasteiger partial charge in [-0.2, -0.15) is 0 Å². The van der Waals surface area contributed by atoms with Crippen molar-refractivity contribution in [2.45, 2.75) is 88.8 Å². The van der Waals surface area contributed by atoms with Gasteiger partial charge in [-0.05, 0) is 50.4 Å². The molecular weight excluding hydrogens is 224 g/mol. The first kappa shape index (κ1) is 12.9. The quantitative estimate of drug-likeness (QED) is 0.827. The lowest BCUT2D eigenvalue weighted by Gasteiger charge is -2.35. The Morgan fingerprint density at radius 3 is 2.22 bits per heavy atom. The van der Waals surface area contributed by atoms with Crippen molar-refractivity contribution < 1.29 is 9.84 Å². The molecule has 104 valence electrons. The van der Waals surface area contributed by atoms with E-state index in [0.29, 0.717) is 12.7 Å². The molecule has 3 rings (SSSR count). The third kappa shape index (κ3) is 2.46. The summed E-state index contributed by atoms with van der Waals surface area (Å²) in [5.41, 5.74) is 0.461. The van der Waals surface area contributed by atoms with Gasteiger partial charge in [0.2, 0.25) is 0 Å². The van der Waals surface area contributed by atoms with E-state index in [1.54, 1.807) is 0 Å². The molecule has 1 atom stereocenters. The van der Waals surface area contributed by atoms with Crippen molar-refractivity contribution in [2.75, 3.05) is 6.61 Å². The highest BCUT2D eigenvalue weighted by Gasteiger charge is 2.44. The maximum atomic E-state index is 9.72.